The third-order valence-electron chi connectivity index (χ3n) is 7.65. The van der Waals surface area contributed by atoms with Gasteiger partial charge in [-0.2, -0.15) is 0 Å². The molecule has 8 nitrogen and oxygen atoms in total. The van der Waals surface area contributed by atoms with Crippen LogP contribution in [0.3, 0.4) is 0 Å². The molecule has 1 atom stereocenters. The van der Waals surface area contributed by atoms with Gasteiger partial charge in [-0.25, -0.2) is 4.79 Å². The van der Waals surface area contributed by atoms with E-state index in [9.17, 15) is 24.0 Å². The van der Waals surface area contributed by atoms with Crippen LogP contribution in [0.5, 0.6) is 5.75 Å². The van der Waals surface area contributed by atoms with Crippen LogP contribution in [0.1, 0.15) is 86.6 Å². The number of hydrogen-bond donors (Lipinski definition) is 0. The normalized spacial score (nSPS) is 13.3. The molecule has 0 fully saturated rings. The maximum absolute atomic E-state index is 12.6. The van der Waals surface area contributed by atoms with Crippen LogP contribution in [-0.2, 0) is 39.9 Å². The van der Waals surface area contributed by atoms with E-state index in [0.29, 0.717) is 12.2 Å². The molecule has 0 heterocycles. The van der Waals surface area contributed by atoms with Gasteiger partial charge in [0.15, 0.2) is 5.78 Å². The van der Waals surface area contributed by atoms with Crippen molar-refractivity contribution in [2.24, 2.45) is 16.2 Å². The summed E-state index contributed by atoms with van der Waals surface area (Å²) in [6.07, 6.45) is 4.88. The lowest BCUT2D eigenvalue weighted by atomic mass is 9.84. The van der Waals surface area contributed by atoms with Gasteiger partial charge in [-0.15, -0.1) is 0 Å². The molecule has 0 aliphatic carbocycles. The van der Waals surface area contributed by atoms with Crippen LogP contribution < -0.4 is 4.74 Å². The Morgan fingerprint density at radius 1 is 0.769 bits per heavy atom. The molecule has 0 aromatic heterocycles. The van der Waals surface area contributed by atoms with Crippen LogP contribution >= 0.6 is 0 Å². The van der Waals surface area contributed by atoms with Crippen LogP contribution in [-0.4, -0.2) is 55.5 Å². The summed E-state index contributed by atoms with van der Waals surface area (Å²) >= 11 is 0. The number of Topliss-reactive ketones (excluding diaryl/α,β-unsaturated/α-hetero) is 4. The minimum absolute atomic E-state index is 0.0180. The van der Waals surface area contributed by atoms with Crippen molar-refractivity contribution in [1.82, 2.24) is 0 Å². The Morgan fingerprint density at radius 3 is 1.87 bits per heavy atom. The zero-order valence-electron chi connectivity index (χ0n) is 24.9. The van der Waals surface area contributed by atoms with Crippen LogP contribution in [0.15, 0.2) is 24.3 Å². The highest BCUT2D eigenvalue weighted by Gasteiger charge is 2.40. The second-order valence-electron chi connectivity index (χ2n) is 11.4. The first kappa shape index (κ1) is 34.2. The SMILES string of the molecule is CCCCCc1ccc(OCC(CC)(COCC(=O)C(C)(C)C(C)=O)COC(=O)C(=O)C(C)(C)C(C)=O)cc1. The van der Waals surface area contributed by atoms with Crippen molar-refractivity contribution in [3.05, 3.63) is 29.8 Å². The minimum atomic E-state index is -1.50. The topological polar surface area (TPSA) is 113 Å². The Morgan fingerprint density at radius 2 is 1.36 bits per heavy atom. The van der Waals surface area contributed by atoms with Gasteiger partial charge in [0.25, 0.3) is 5.78 Å². The lowest BCUT2D eigenvalue weighted by molar-refractivity contribution is -0.164. The standard InChI is InChI=1S/C31H46O8/c1-9-11-12-13-24-14-16-25(17-15-24)38-20-31(10-2,19-37-18-26(34)29(5,6)22(3)32)21-39-28(36)27(35)30(7,8)23(4)33/h14-17H,9-13,18-21H2,1-8H3. The number of ketones is 4. The van der Waals surface area contributed by atoms with E-state index >= 15 is 0 Å². The van der Waals surface area contributed by atoms with Gasteiger partial charge in [0, 0.05) is 0 Å². The molecule has 1 rings (SSSR count). The summed E-state index contributed by atoms with van der Waals surface area (Å²) in [5.74, 6) is -2.49. The maximum Gasteiger partial charge on any atom is 0.375 e. The zero-order valence-corrected chi connectivity index (χ0v) is 24.9. The number of ether oxygens (including phenoxy) is 3. The first-order chi connectivity index (χ1) is 18.1. The average molecular weight is 547 g/mol. The summed E-state index contributed by atoms with van der Waals surface area (Å²) in [6.45, 7) is 12.0. The molecule has 0 saturated heterocycles. The fourth-order valence-electron chi connectivity index (χ4n) is 3.44. The Hall–Kier alpha value is -2.87. The largest absolute Gasteiger partial charge is 0.493 e. The highest BCUT2D eigenvalue weighted by atomic mass is 16.5. The molecular formula is C31H46O8. The molecule has 39 heavy (non-hydrogen) atoms. The molecule has 1 aromatic carbocycles. The predicted molar refractivity (Wildman–Crippen MR) is 149 cm³/mol. The molecule has 0 aliphatic heterocycles. The van der Waals surface area contributed by atoms with E-state index in [0.717, 1.165) is 19.3 Å². The van der Waals surface area contributed by atoms with Gasteiger partial charge < -0.3 is 14.2 Å². The Balaban J connectivity index is 3.02. The molecular weight excluding hydrogens is 500 g/mol. The van der Waals surface area contributed by atoms with E-state index in [1.54, 1.807) is 13.8 Å². The smallest absolute Gasteiger partial charge is 0.375 e. The average Bonchev–Trinajstić information content (AvgIpc) is 2.89. The van der Waals surface area contributed by atoms with Crippen LogP contribution in [0, 0.1) is 16.2 Å². The lowest BCUT2D eigenvalue weighted by Crippen LogP contribution is -2.43. The van der Waals surface area contributed by atoms with Crippen molar-refractivity contribution in [3.8, 4) is 5.75 Å². The van der Waals surface area contributed by atoms with Crippen molar-refractivity contribution >= 4 is 29.1 Å². The molecule has 0 bridgehead atoms. The summed E-state index contributed by atoms with van der Waals surface area (Å²) in [5, 5.41) is 0. The lowest BCUT2D eigenvalue weighted by Gasteiger charge is -2.32. The zero-order chi connectivity index (χ0) is 29.9. The summed E-state index contributed by atoms with van der Waals surface area (Å²) in [5.41, 5.74) is -2.35. The predicted octanol–water partition coefficient (Wildman–Crippen LogP) is 5.12. The molecule has 0 saturated carbocycles. The fraction of sp³-hybridized carbons (Fsp3) is 0.645. The quantitative estimate of drug-likeness (QED) is 0.102. The maximum atomic E-state index is 12.6. The summed E-state index contributed by atoms with van der Waals surface area (Å²) < 4.78 is 17.2. The van der Waals surface area contributed by atoms with Crippen LogP contribution in [0.2, 0.25) is 0 Å². The van der Waals surface area contributed by atoms with E-state index in [1.807, 2.05) is 31.2 Å². The highest BCUT2D eigenvalue weighted by Crippen LogP contribution is 2.28. The molecule has 0 aliphatic rings. The van der Waals surface area contributed by atoms with Crippen molar-refractivity contribution in [3.63, 3.8) is 0 Å². The van der Waals surface area contributed by atoms with E-state index < -0.39 is 33.8 Å². The van der Waals surface area contributed by atoms with Gasteiger partial charge >= 0.3 is 5.97 Å². The Bertz CT molecular complexity index is 1010. The molecule has 218 valence electrons. The molecule has 0 N–H and O–H groups in total. The number of unbranched alkanes of at least 4 members (excludes halogenated alkanes) is 2. The minimum Gasteiger partial charge on any atom is -0.493 e. The summed E-state index contributed by atoms with van der Waals surface area (Å²) in [4.78, 5) is 61.4. The second-order valence-corrected chi connectivity index (χ2v) is 11.4. The Labute approximate surface area is 233 Å². The van der Waals surface area contributed by atoms with Crippen LogP contribution in [0.25, 0.3) is 0 Å². The second kappa shape index (κ2) is 15.1. The van der Waals surface area contributed by atoms with Gasteiger partial charge in [0.05, 0.1) is 29.5 Å². The van der Waals surface area contributed by atoms with Gasteiger partial charge in [-0.05, 0) is 78.5 Å². The van der Waals surface area contributed by atoms with Gasteiger partial charge in [0.2, 0.25) is 0 Å². The number of carbonyl (C=O) groups excluding carboxylic acids is 5. The molecule has 8 heteroatoms. The number of benzene rings is 1. The molecule has 0 spiro atoms. The monoisotopic (exact) mass is 546 g/mol. The van der Waals surface area contributed by atoms with E-state index in [2.05, 4.69) is 6.92 Å². The number of aryl methyl sites for hydroxylation is 1. The third kappa shape index (κ3) is 9.99. The first-order valence-electron chi connectivity index (χ1n) is 13.7. The highest BCUT2D eigenvalue weighted by molar-refractivity contribution is 6.39. The van der Waals surface area contributed by atoms with E-state index in [1.165, 1.54) is 39.7 Å². The fourth-order valence-corrected chi connectivity index (χ4v) is 3.44. The van der Waals surface area contributed by atoms with E-state index in [-0.39, 0.29) is 38.0 Å². The summed E-state index contributed by atoms with van der Waals surface area (Å²) in [6, 6.07) is 7.79. The first-order valence-corrected chi connectivity index (χ1v) is 13.7. The van der Waals surface area contributed by atoms with Crippen molar-refractivity contribution in [2.45, 2.75) is 87.5 Å². The number of hydrogen-bond acceptors (Lipinski definition) is 8. The van der Waals surface area contributed by atoms with Crippen molar-refractivity contribution < 1.29 is 38.2 Å². The molecule has 0 radical (unpaired) electrons. The van der Waals surface area contributed by atoms with Crippen LogP contribution in [0.4, 0.5) is 0 Å². The van der Waals surface area contributed by atoms with Crippen molar-refractivity contribution in [2.75, 3.05) is 26.4 Å². The van der Waals surface area contributed by atoms with E-state index in [4.69, 9.17) is 14.2 Å². The number of carbonyl (C=O) groups is 5. The molecule has 1 aromatic rings. The Kier molecular flexibility index (Phi) is 13.2. The van der Waals surface area contributed by atoms with Gasteiger partial charge in [0.1, 0.15) is 30.5 Å². The van der Waals surface area contributed by atoms with Crippen molar-refractivity contribution in [1.29, 1.82) is 0 Å². The number of rotatable bonds is 19. The summed E-state index contributed by atoms with van der Waals surface area (Å²) in [7, 11) is 0. The third-order valence-corrected chi connectivity index (χ3v) is 7.65. The van der Waals surface area contributed by atoms with Gasteiger partial charge in [-0.3, -0.25) is 19.2 Å². The number of esters is 1. The molecule has 1 unspecified atom stereocenters. The van der Waals surface area contributed by atoms with Gasteiger partial charge in [-0.1, -0.05) is 38.8 Å². The molecule has 0 amide bonds.